The molecule has 2 aromatic carbocycles. The second-order valence-corrected chi connectivity index (χ2v) is 9.01. The Labute approximate surface area is 202 Å². The standard InChI is InChI=1S/C27H27FN2O5/c1-17-6-7-21-19(14-17)16-22(35-21)25(31)23-24(18-4-2-5-20(28)15-18)30(27(33)26(23)32)9-3-8-29-10-12-34-13-11-29/h2,4-7,14-16,24,32H,3,8-13H2,1H3. The fourth-order valence-corrected chi connectivity index (χ4v) is 4.84. The van der Waals surface area contributed by atoms with Gasteiger partial charge in [0.15, 0.2) is 11.5 Å². The van der Waals surface area contributed by atoms with Crippen molar-refractivity contribution in [1.82, 2.24) is 9.80 Å². The van der Waals surface area contributed by atoms with Crippen LogP contribution >= 0.6 is 0 Å². The number of aliphatic hydroxyl groups excluding tert-OH is 1. The average Bonchev–Trinajstić information content (AvgIpc) is 3.38. The van der Waals surface area contributed by atoms with Crippen molar-refractivity contribution in [3.8, 4) is 0 Å². The third-order valence-corrected chi connectivity index (χ3v) is 6.59. The van der Waals surface area contributed by atoms with Gasteiger partial charge in [-0.1, -0.05) is 23.8 Å². The van der Waals surface area contributed by atoms with Crippen LogP contribution in [0.4, 0.5) is 4.39 Å². The number of carbonyl (C=O) groups is 2. The van der Waals surface area contributed by atoms with E-state index in [0.717, 1.165) is 30.6 Å². The van der Waals surface area contributed by atoms with Gasteiger partial charge < -0.3 is 19.2 Å². The fraction of sp³-hybridized carbons (Fsp3) is 0.333. The monoisotopic (exact) mass is 478 g/mol. The maximum absolute atomic E-state index is 14.2. The maximum atomic E-state index is 14.2. The van der Waals surface area contributed by atoms with Crippen molar-refractivity contribution in [2.75, 3.05) is 39.4 Å². The molecule has 5 rings (SSSR count). The fourth-order valence-electron chi connectivity index (χ4n) is 4.84. The van der Waals surface area contributed by atoms with Gasteiger partial charge in [0.25, 0.3) is 5.91 Å². The van der Waals surface area contributed by atoms with Crippen LogP contribution in [-0.4, -0.2) is 66.0 Å². The highest BCUT2D eigenvalue weighted by Crippen LogP contribution is 2.40. The number of nitrogens with zero attached hydrogens (tertiary/aromatic N) is 2. The number of halogens is 1. The van der Waals surface area contributed by atoms with Crippen molar-refractivity contribution in [1.29, 1.82) is 0 Å². The zero-order valence-electron chi connectivity index (χ0n) is 19.5. The van der Waals surface area contributed by atoms with Gasteiger partial charge >= 0.3 is 0 Å². The topological polar surface area (TPSA) is 83.2 Å². The van der Waals surface area contributed by atoms with Gasteiger partial charge in [0, 0.05) is 31.6 Å². The normalized spacial score (nSPS) is 19.2. The molecular formula is C27H27FN2O5. The Morgan fingerprint density at radius 2 is 1.91 bits per heavy atom. The molecule has 1 aromatic heterocycles. The summed E-state index contributed by atoms with van der Waals surface area (Å²) in [5.41, 5.74) is 1.87. The number of carbonyl (C=O) groups excluding carboxylic acids is 2. The lowest BCUT2D eigenvalue weighted by Crippen LogP contribution is -2.39. The van der Waals surface area contributed by atoms with E-state index in [0.29, 0.717) is 37.3 Å². The highest BCUT2D eigenvalue weighted by molar-refractivity contribution is 6.16. The Kier molecular flexibility index (Phi) is 6.40. The Bertz CT molecular complexity index is 1310. The summed E-state index contributed by atoms with van der Waals surface area (Å²) in [5, 5.41) is 11.6. The molecule has 1 unspecified atom stereocenters. The van der Waals surface area contributed by atoms with Crippen LogP contribution in [-0.2, 0) is 9.53 Å². The maximum Gasteiger partial charge on any atom is 0.290 e. The summed E-state index contributed by atoms with van der Waals surface area (Å²) in [4.78, 5) is 30.4. The smallest absolute Gasteiger partial charge is 0.290 e. The molecule has 0 radical (unpaired) electrons. The van der Waals surface area contributed by atoms with Crippen LogP contribution < -0.4 is 0 Å². The molecule has 1 saturated heterocycles. The van der Waals surface area contributed by atoms with E-state index in [1.165, 1.54) is 23.1 Å². The van der Waals surface area contributed by atoms with E-state index >= 15 is 0 Å². The molecule has 3 aromatic rings. The molecular weight excluding hydrogens is 451 g/mol. The van der Waals surface area contributed by atoms with E-state index in [4.69, 9.17) is 9.15 Å². The van der Waals surface area contributed by atoms with Crippen LogP contribution in [0.3, 0.4) is 0 Å². The van der Waals surface area contributed by atoms with E-state index in [1.54, 1.807) is 18.2 Å². The molecule has 35 heavy (non-hydrogen) atoms. The lowest BCUT2D eigenvalue weighted by atomic mass is 9.95. The molecule has 0 spiro atoms. The molecule has 0 aliphatic carbocycles. The molecule has 0 saturated carbocycles. The minimum atomic E-state index is -0.912. The number of benzene rings is 2. The van der Waals surface area contributed by atoms with Crippen LogP contribution in [0, 0.1) is 12.7 Å². The Hall–Kier alpha value is -3.49. The molecule has 1 N–H and O–H groups in total. The number of Topliss-reactive ketones (excluding diaryl/α,β-unsaturated/α-hetero) is 1. The molecule has 0 bridgehead atoms. The van der Waals surface area contributed by atoms with Gasteiger partial charge in [0.2, 0.25) is 5.78 Å². The number of morpholine rings is 1. The molecule has 8 heteroatoms. The van der Waals surface area contributed by atoms with Gasteiger partial charge in [-0.15, -0.1) is 0 Å². The number of furan rings is 1. The summed E-state index contributed by atoms with van der Waals surface area (Å²) >= 11 is 0. The first-order valence-electron chi connectivity index (χ1n) is 11.8. The SMILES string of the molecule is Cc1ccc2oc(C(=O)C3=C(O)C(=O)N(CCCN4CCOCC4)C3c3cccc(F)c3)cc2c1. The van der Waals surface area contributed by atoms with Crippen molar-refractivity contribution in [3.05, 3.63) is 82.6 Å². The van der Waals surface area contributed by atoms with Crippen LogP contribution in [0.25, 0.3) is 11.0 Å². The summed E-state index contributed by atoms with van der Waals surface area (Å²) in [6.07, 6.45) is 0.635. The largest absolute Gasteiger partial charge is 0.503 e. The van der Waals surface area contributed by atoms with Gasteiger partial charge in [-0.25, -0.2) is 4.39 Å². The molecule has 7 nitrogen and oxygen atoms in total. The van der Waals surface area contributed by atoms with Crippen molar-refractivity contribution in [3.63, 3.8) is 0 Å². The number of aliphatic hydroxyl groups is 1. The molecule has 2 aliphatic heterocycles. The zero-order valence-corrected chi connectivity index (χ0v) is 19.5. The molecule has 182 valence electrons. The first-order chi connectivity index (χ1) is 16.9. The lowest BCUT2D eigenvalue weighted by Gasteiger charge is -2.30. The van der Waals surface area contributed by atoms with Crippen LogP contribution in [0.1, 0.15) is 34.1 Å². The first kappa shape index (κ1) is 23.3. The van der Waals surface area contributed by atoms with Gasteiger partial charge in [-0.2, -0.15) is 0 Å². The first-order valence-corrected chi connectivity index (χ1v) is 11.8. The summed E-state index contributed by atoms with van der Waals surface area (Å²) in [5.74, 6) is -2.31. The van der Waals surface area contributed by atoms with Crippen molar-refractivity contribution >= 4 is 22.7 Å². The number of hydrogen-bond donors (Lipinski definition) is 1. The highest BCUT2D eigenvalue weighted by atomic mass is 19.1. The van der Waals surface area contributed by atoms with Crippen LogP contribution in [0.15, 0.2) is 64.3 Å². The number of fused-ring (bicyclic) bond motifs is 1. The van der Waals surface area contributed by atoms with Crippen molar-refractivity contribution in [2.45, 2.75) is 19.4 Å². The van der Waals surface area contributed by atoms with Gasteiger partial charge in [0.05, 0.1) is 24.8 Å². The summed E-state index contributed by atoms with van der Waals surface area (Å²) in [7, 11) is 0. The number of rotatable bonds is 7. The van der Waals surface area contributed by atoms with E-state index < -0.39 is 29.3 Å². The predicted molar refractivity (Wildman–Crippen MR) is 128 cm³/mol. The molecule has 1 fully saturated rings. The quantitative estimate of drug-likeness (QED) is 0.513. The number of ether oxygens (including phenoxy) is 1. The summed E-state index contributed by atoms with van der Waals surface area (Å²) < 4.78 is 25.3. The Balaban J connectivity index is 1.46. The van der Waals surface area contributed by atoms with E-state index in [-0.39, 0.29) is 11.3 Å². The number of aryl methyl sites for hydroxylation is 1. The number of ketones is 1. The van der Waals surface area contributed by atoms with E-state index in [1.807, 2.05) is 19.1 Å². The minimum Gasteiger partial charge on any atom is -0.503 e. The predicted octanol–water partition coefficient (Wildman–Crippen LogP) is 4.18. The van der Waals surface area contributed by atoms with Crippen LogP contribution in [0.2, 0.25) is 0 Å². The summed E-state index contributed by atoms with van der Waals surface area (Å²) in [6, 6.07) is 12.0. The second kappa shape index (κ2) is 9.64. The molecule has 2 aliphatic rings. The second-order valence-electron chi connectivity index (χ2n) is 9.01. The minimum absolute atomic E-state index is 0.0246. The molecule has 3 heterocycles. The van der Waals surface area contributed by atoms with E-state index in [9.17, 15) is 19.1 Å². The summed E-state index contributed by atoms with van der Waals surface area (Å²) in [6.45, 7) is 5.97. The van der Waals surface area contributed by atoms with Crippen molar-refractivity contribution in [2.24, 2.45) is 0 Å². The van der Waals surface area contributed by atoms with Gasteiger partial charge in [-0.05, 0) is 49.2 Å². The average molecular weight is 479 g/mol. The number of hydrogen-bond acceptors (Lipinski definition) is 6. The molecule has 1 atom stereocenters. The van der Waals surface area contributed by atoms with Gasteiger partial charge in [-0.3, -0.25) is 14.5 Å². The lowest BCUT2D eigenvalue weighted by molar-refractivity contribution is -0.129. The Morgan fingerprint density at radius 1 is 1.11 bits per heavy atom. The highest BCUT2D eigenvalue weighted by Gasteiger charge is 2.44. The van der Waals surface area contributed by atoms with Gasteiger partial charge in [0.1, 0.15) is 11.4 Å². The third-order valence-electron chi connectivity index (χ3n) is 6.59. The molecule has 1 amide bonds. The van der Waals surface area contributed by atoms with Crippen LogP contribution in [0.5, 0.6) is 0 Å². The zero-order chi connectivity index (χ0) is 24.5. The third kappa shape index (κ3) is 4.59. The van der Waals surface area contributed by atoms with E-state index in [2.05, 4.69) is 4.90 Å². The Morgan fingerprint density at radius 3 is 2.69 bits per heavy atom. The van der Waals surface area contributed by atoms with Crippen molar-refractivity contribution < 1.29 is 28.2 Å². The number of amides is 1.